The van der Waals surface area contributed by atoms with Gasteiger partial charge in [-0.1, -0.05) is 37.3 Å². The molecule has 178 valence electrons. The molecule has 0 saturated carbocycles. The van der Waals surface area contributed by atoms with Crippen LogP contribution in [0.5, 0.6) is 0 Å². The molecule has 0 unspecified atom stereocenters. The molecule has 2 N–H and O–H groups in total. The summed E-state index contributed by atoms with van der Waals surface area (Å²) in [5.74, 6) is -0.0567. The van der Waals surface area contributed by atoms with Gasteiger partial charge in [0.1, 0.15) is 0 Å². The van der Waals surface area contributed by atoms with Gasteiger partial charge in [0.15, 0.2) is 0 Å². The summed E-state index contributed by atoms with van der Waals surface area (Å²) in [6.07, 6.45) is 2.97. The summed E-state index contributed by atoms with van der Waals surface area (Å²) in [7, 11) is 0. The van der Waals surface area contributed by atoms with E-state index < -0.39 is 0 Å². The van der Waals surface area contributed by atoms with Crippen LogP contribution in [0.25, 0.3) is 11.0 Å². The molecule has 4 aromatic rings. The van der Waals surface area contributed by atoms with Gasteiger partial charge in [-0.15, -0.1) is 0 Å². The maximum absolute atomic E-state index is 12.9. The van der Waals surface area contributed by atoms with Gasteiger partial charge in [-0.3, -0.25) is 9.59 Å². The quantitative estimate of drug-likeness (QED) is 0.444. The average Bonchev–Trinajstić information content (AvgIpc) is 3.38. The number of fused-ring (bicyclic) bond motifs is 1. The minimum atomic E-state index is -0.193. The van der Waals surface area contributed by atoms with Gasteiger partial charge < -0.3 is 20.1 Å². The van der Waals surface area contributed by atoms with Crippen LogP contribution in [0, 0.1) is 0 Å². The number of aryl methyl sites for hydroxylation is 1. The monoisotopic (exact) mass is 467 g/mol. The number of benzene rings is 3. The Hall–Kier alpha value is -4.13. The number of amides is 2. The van der Waals surface area contributed by atoms with Gasteiger partial charge in [0.05, 0.1) is 23.8 Å². The lowest BCUT2D eigenvalue weighted by molar-refractivity contribution is -0.130. The van der Waals surface area contributed by atoms with E-state index in [1.807, 2.05) is 35.2 Å². The molecule has 1 saturated heterocycles. The molecule has 3 aromatic carbocycles. The van der Waals surface area contributed by atoms with Crippen molar-refractivity contribution in [3.63, 3.8) is 0 Å². The molecule has 1 fully saturated rings. The number of piperazine rings is 1. The molecule has 1 aliphatic rings. The number of nitrogens with zero attached hydrogens (tertiary/aromatic N) is 3. The summed E-state index contributed by atoms with van der Waals surface area (Å²) in [5, 5.41) is 2.91. The van der Waals surface area contributed by atoms with Crippen molar-refractivity contribution in [2.24, 2.45) is 0 Å². The van der Waals surface area contributed by atoms with E-state index in [1.165, 1.54) is 11.3 Å². The first kappa shape index (κ1) is 22.7. The van der Waals surface area contributed by atoms with E-state index in [2.05, 4.69) is 51.4 Å². The van der Waals surface area contributed by atoms with Gasteiger partial charge in [-0.2, -0.15) is 0 Å². The molecule has 0 bridgehead atoms. The van der Waals surface area contributed by atoms with Crippen molar-refractivity contribution in [2.45, 2.75) is 19.8 Å². The second kappa shape index (κ2) is 10.0. The molecule has 35 heavy (non-hydrogen) atoms. The molecule has 0 aliphatic carbocycles. The fourth-order valence-corrected chi connectivity index (χ4v) is 4.58. The van der Waals surface area contributed by atoms with Crippen LogP contribution in [-0.2, 0) is 17.6 Å². The van der Waals surface area contributed by atoms with Crippen LogP contribution in [-0.4, -0.2) is 52.9 Å². The standard InChI is InChI=1S/C28H29N5O2/c1-2-21-5-3-4-6-26(21)32-13-15-33(16-14-32)27(34)17-20-7-10-23(11-8-20)31-28(35)22-9-12-24-25(18-22)30-19-29-24/h3-12,18-19H,2,13-17H2,1H3,(H,29,30)(H,31,35). The lowest BCUT2D eigenvalue weighted by Gasteiger charge is -2.37. The molecule has 2 heterocycles. The highest BCUT2D eigenvalue weighted by Gasteiger charge is 2.22. The predicted octanol–water partition coefficient (Wildman–Crippen LogP) is 4.27. The molecule has 5 rings (SSSR count). The smallest absolute Gasteiger partial charge is 0.255 e. The van der Waals surface area contributed by atoms with Crippen LogP contribution in [0.1, 0.15) is 28.4 Å². The fraction of sp³-hybridized carbons (Fsp3) is 0.250. The van der Waals surface area contributed by atoms with E-state index in [1.54, 1.807) is 18.5 Å². The Morgan fingerprint density at radius 1 is 0.971 bits per heavy atom. The summed E-state index contributed by atoms with van der Waals surface area (Å²) in [4.78, 5) is 37.0. The number of rotatable bonds is 6. The van der Waals surface area contributed by atoms with Gasteiger partial charge in [0, 0.05) is 43.1 Å². The number of aromatic nitrogens is 2. The molecule has 1 aliphatic heterocycles. The number of hydrogen-bond acceptors (Lipinski definition) is 4. The number of hydrogen-bond donors (Lipinski definition) is 2. The lowest BCUT2D eigenvalue weighted by atomic mass is 10.1. The number of carbonyl (C=O) groups excluding carboxylic acids is 2. The summed E-state index contributed by atoms with van der Waals surface area (Å²) in [6, 6.07) is 21.4. The third kappa shape index (κ3) is 5.04. The topological polar surface area (TPSA) is 81.3 Å². The van der Waals surface area contributed by atoms with Gasteiger partial charge in [0.25, 0.3) is 5.91 Å². The van der Waals surface area contributed by atoms with Gasteiger partial charge in [-0.25, -0.2) is 4.98 Å². The van der Waals surface area contributed by atoms with Crippen LogP contribution in [0.3, 0.4) is 0 Å². The average molecular weight is 468 g/mol. The molecule has 0 radical (unpaired) electrons. The van der Waals surface area contributed by atoms with Gasteiger partial charge in [0.2, 0.25) is 5.91 Å². The van der Waals surface area contributed by atoms with Crippen LogP contribution in [0.2, 0.25) is 0 Å². The van der Waals surface area contributed by atoms with Gasteiger partial charge in [-0.05, 0) is 53.9 Å². The molecule has 7 heteroatoms. The maximum atomic E-state index is 12.9. The summed E-state index contributed by atoms with van der Waals surface area (Å²) >= 11 is 0. The van der Waals surface area contributed by atoms with Crippen LogP contribution in [0.4, 0.5) is 11.4 Å². The summed E-state index contributed by atoms with van der Waals surface area (Å²) in [6.45, 7) is 5.32. The molecule has 2 amide bonds. The Bertz CT molecular complexity index is 1340. The van der Waals surface area contributed by atoms with Gasteiger partial charge >= 0.3 is 0 Å². The minimum Gasteiger partial charge on any atom is -0.368 e. The Morgan fingerprint density at radius 3 is 2.51 bits per heavy atom. The highest BCUT2D eigenvalue weighted by Crippen LogP contribution is 2.23. The number of nitrogens with one attached hydrogen (secondary N) is 2. The van der Waals surface area contributed by atoms with Crippen molar-refractivity contribution in [3.8, 4) is 0 Å². The molecule has 0 spiro atoms. The lowest BCUT2D eigenvalue weighted by Crippen LogP contribution is -2.49. The van der Waals surface area contributed by atoms with E-state index >= 15 is 0 Å². The van der Waals surface area contributed by atoms with E-state index in [0.717, 1.165) is 49.2 Å². The van der Waals surface area contributed by atoms with E-state index in [9.17, 15) is 9.59 Å². The van der Waals surface area contributed by atoms with Crippen LogP contribution < -0.4 is 10.2 Å². The number of anilines is 2. The van der Waals surface area contributed by atoms with Crippen LogP contribution in [0.15, 0.2) is 73.1 Å². The maximum Gasteiger partial charge on any atom is 0.255 e. The zero-order valence-electron chi connectivity index (χ0n) is 19.8. The van der Waals surface area contributed by atoms with Crippen molar-refractivity contribution in [3.05, 3.63) is 89.7 Å². The molecular weight excluding hydrogens is 438 g/mol. The number of carbonyl (C=O) groups is 2. The van der Waals surface area contributed by atoms with Crippen molar-refractivity contribution >= 4 is 34.2 Å². The Balaban J connectivity index is 1.14. The van der Waals surface area contributed by atoms with Crippen LogP contribution >= 0.6 is 0 Å². The zero-order valence-corrected chi connectivity index (χ0v) is 19.8. The Morgan fingerprint density at radius 2 is 1.74 bits per heavy atom. The number of H-pyrrole nitrogens is 1. The summed E-state index contributed by atoms with van der Waals surface area (Å²) < 4.78 is 0. The third-order valence-electron chi connectivity index (χ3n) is 6.60. The highest BCUT2D eigenvalue weighted by atomic mass is 16.2. The Labute approximate surface area is 204 Å². The molecular formula is C28H29N5O2. The summed E-state index contributed by atoms with van der Waals surface area (Å²) in [5.41, 5.74) is 6.45. The predicted molar refractivity (Wildman–Crippen MR) is 139 cm³/mol. The SMILES string of the molecule is CCc1ccccc1N1CCN(C(=O)Cc2ccc(NC(=O)c3ccc4[nH]cnc4c3)cc2)CC1. The van der Waals surface area contributed by atoms with Crippen molar-refractivity contribution < 1.29 is 9.59 Å². The number of aromatic amines is 1. The first-order chi connectivity index (χ1) is 17.1. The first-order valence-corrected chi connectivity index (χ1v) is 12.0. The van der Waals surface area contributed by atoms with Crippen molar-refractivity contribution in [1.82, 2.24) is 14.9 Å². The van der Waals surface area contributed by atoms with E-state index in [-0.39, 0.29) is 11.8 Å². The highest BCUT2D eigenvalue weighted by molar-refractivity contribution is 6.05. The molecule has 1 aromatic heterocycles. The third-order valence-corrected chi connectivity index (χ3v) is 6.60. The van der Waals surface area contributed by atoms with Crippen molar-refractivity contribution in [2.75, 3.05) is 36.4 Å². The first-order valence-electron chi connectivity index (χ1n) is 12.0. The largest absolute Gasteiger partial charge is 0.368 e. The fourth-order valence-electron chi connectivity index (χ4n) is 4.58. The molecule has 7 nitrogen and oxygen atoms in total. The van der Waals surface area contributed by atoms with E-state index in [0.29, 0.717) is 17.7 Å². The minimum absolute atomic E-state index is 0.137. The Kier molecular flexibility index (Phi) is 6.48. The molecule has 0 atom stereocenters. The number of imidazole rings is 1. The zero-order chi connectivity index (χ0) is 24.2. The van der Waals surface area contributed by atoms with E-state index in [4.69, 9.17) is 0 Å². The normalized spacial score (nSPS) is 13.7. The second-order valence-corrected chi connectivity index (χ2v) is 8.81. The number of para-hydroxylation sites is 1. The second-order valence-electron chi connectivity index (χ2n) is 8.81. The van der Waals surface area contributed by atoms with Crippen molar-refractivity contribution in [1.29, 1.82) is 0 Å².